The number of benzene rings is 3. The molecule has 0 N–H and O–H groups in total. The van der Waals surface area contributed by atoms with Crippen LogP contribution < -0.4 is 10.6 Å². The highest BCUT2D eigenvalue weighted by molar-refractivity contribution is 7.74. The topological polar surface area (TPSA) is 125 Å². The van der Waals surface area contributed by atoms with Crippen LogP contribution in [-0.2, 0) is 34.4 Å². The molecule has 5 rings (SSSR count). The van der Waals surface area contributed by atoms with Gasteiger partial charge in [-0.2, -0.15) is 0 Å². The summed E-state index contributed by atoms with van der Waals surface area (Å²) in [6.45, 7) is 14.2. The lowest BCUT2D eigenvalue weighted by molar-refractivity contribution is -0.384. The minimum Gasteiger partial charge on any atom is -0.456 e. The zero-order chi connectivity index (χ0) is 34.3. The third kappa shape index (κ3) is 6.44. The predicted octanol–water partition coefficient (Wildman–Crippen LogP) is 6.68. The van der Waals surface area contributed by atoms with Crippen LogP contribution in [0.2, 0.25) is 18.1 Å². The molecule has 0 aliphatic carbocycles. The lowest BCUT2D eigenvalue weighted by Crippen LogP contribution is -2.65. The van der Waals surface area contributed by atoms with E-state index in [0.717, 1.165) is 0 Å². The first-order valence-corrected chi connectivity index (χ1v) is 20.2. The Morgan fingerprint density at radius 2 is 1.51 bits per heavy atom. The van der Waals surface area contributed by atoms with Crippen molar-refractivity contribution in [1.29, 1.82) is 0 Å². The van der Waals surface area contributed by atoms with Crippen molar-refractivity contribution >= 4 is 43.9 Å². The van der Waals surface area contributed by atoms with E-state index in [1.165, 1.54) is 29.2 Å². The largest absolute Gasteiger partial charge is 0.456 e. The number of hydrogen-bond donors (Lipinski definition) is 0. The number of β-lactam (4-membered cyclic amide) rings is 1. The van der Waals surface area contributed by atoms with Gasteiger partial charge in [0.15, 0.2) is 14.0 Å². The second kappa shape index (κ2) is 12.9. The Labute approximate surface area is 276 Å². The highest BCUT2D eigenvalue weighted by atomic mass is 31.2. The van der Waals surface area contributed by atoms with Gasteiger partial charge in [-0.1, -0.05) is 64.1 Å². The fourth-order valence-corrected chi connectivity index (χ4v) is 9.50. The summed E-state index contributed by atoms with van der Waals surface area (Å²) in [6.07, 6.45) is -0.432. The third-order valence-corrected chi connectivity index (χ3v) is 16.5. The van der Waals surface area contributed by atoms with E-state index in [1.54, 1.807) is 48.5 Å². The van der Waals surface area contributed by atoms with Crippen LogP contribution >= 0.6 is 7.37 Å². The number of amides is 1. The maximum atomic E-state index is 15.0. The van der Waals surface area contributed by atoms with Crippen LogP contribution in [-0.4, -0.2) is 42.2 Å². The molecule has 1 saturated heterocycles. The van der Waals surface area contributed by atoms with Crippen molar-refractivity contribution in [1.82, 2.24) is 4.90 Å². The van der Waals surface area contributed by atoms with Crippen molar-refractivity contribution < 1.29 is 32.8 Å². The molecule has 1 amide bonds. The van der Waals surface area contributed by atoms with Crippen LogP contribution in [0.15, 0.2) is 96.4 Å². The van der Waals surface area contributed by atoms with E-state index >= 15 is 0 Å². The van der Waals surface area contributed by atoms with Crippen LogP contribution in [0.25, 0.3) is 0 Å². The summed E-state index contributed by atoms with van der Waals surface area (Å²) in [5.74, 6) is -2.04. The van der Waals surface area contributed by atoms with Crippen LogP contribution in [0.3, 0.4) is 0 Å². The van der Waals surface area contributed by atoms with E-state index in [1.807, 2.05) is 26.0 Å². The summed E-state index contributed by atoms with van der Waals surface area (Å²) in [4.78, 5) is 39.8. The molecule has 4 atom stereocenters. The molecule has 0 saturated carbocycles. The van der Waals surface area contributed by atoms with Gasteiger partial charge in [-0.3, -0.25) is 24.4 Å². The van der Waals surface area contributed by atoms with Crippen LogP contribution in [0.5, 0.6) is 0 Å². The fraction of sp³-hybridized carbons (Fsp3) is 0.371. The molecule has 2 aliphatic rings. The molecule has 2 unspecified atom stereocenters. The second-order valence-corrected chi connectivity index (χ2v) is 20.7. The average Bonchev–Trinajstić information content (AvgIpc) is 3.27. The Hall–Kier alpha value is -4.05. The summed E-state index contributed by atoms with van der Waals surface area (Å²) in [7, 11) is -6.06. The number of ether oxygens (including phenoxy) is 1. The van der Waals surface area contributed by atoms with Gasteiger partial charge in [0, 0.05) is 18.1 Å². The quantitative estimate of drug-likeness (QED) is 0.0550. The summed E-state index contributed by atoms with van der Waals surface area (Å²) in [6, 6.07) is 22.8. The van der Waals surface area contributed by atoms with Crippen molar-refractivity contribution in [2.24, 2.45) is 11.8 Å². The van der Waals surface area contributed by atoms with Gasteiger partial charge in [-0.05, 0) is 67.0 Å². The Morgan fingerprint density at radius 3 is 2.00 bits per heavy atom. The number of nitrogens with zero attached hydrogens (tertiary/aromatic N) is 2. The second-order valence-electron chi connectivity index (χ2n) is 13.6. The smallest absolute Gasteiger partial charge is 0.358 e. The first-order chi connectivity index (χ1) is 22.1. The molecule has 0 radical (unpaired) electrons. The monoisotopic (exact) mass is 676 g/mol. The van der Waals surface area contributed by atoms with E-state index in [4.69, 9.17) is 13.7 Å². The van der Waals surface area contributed by atoms with E-state index in [-0.39, 0.29) is 34.7 Å². The number of nitro groups is 1. The van der Waals surface area contributed by atoms with Crippen LogP contribution in [0, 0.1) is 22.0 Å². The van der Waals surface area contributed by atoms with Gasteiger partial charge >= 0.3 is 13.3 Å². The zero-order valence-electron chi connectivity index (χ0n) is 27.7. The molecule has 0 bridgehead atoms. The number of fused-ring (bicyclic) bond motifs is 1. The first-order valence-electron chi connectivity index (χ1n) is 15.6. The predicted molar refractivity (Wildman–Crippen MR) is 182 cm³/mol. The first kappa shape index (κ1) is 34.3. The van der Waals surface area contributed by atoms with Crippen molar-refractivity contribution in [3.8, 4) is 0 Å². The van der Waals surface area contributed by atoms with Gasteiger partial charge in [0.25, 0.3) is 5.69 Å². The van der Waals surface area contributed by atoms with Gasteiger partial charge in [-0.15, -0.1) is 0 Å². The fourth-order valence-electron chi connectivity index (χ4n) is 5.91. The number of rotatable bonds is 11. The molecule has 0 spiro atoms. The Morgan fingerprint density at radius 1 is 0.979 bits per heavy atom. The average molecular weight is 677 g/mol. The van der Waals surface area contributed by atoms with Crippen LogP contribution in [0.1, 0.15) is 40.2 Å². The highest BCUT2D eigenvalue weighted by Crippen LogP contribution is 2.55. The minimum atomic E-state index is -3.82. The number of carbonyl (C=O) groups excluding carboxylic acids is 2. The molecule has 12 heteroatoms. The number of non-ortho nitro benzene ring substituents is 1. The number of hydrogen-bond acceptors (Lipinski definition) is 8. The van der Waals surface area contributed by atoms with E-state index in [0.29, 0.717) is 16.2 Å². The maximum absolute atomic E-state index is 15.0. The Kier molecular flexibility index (Phi) is 9.38. The summed E-state index contributed by atoms with van der Waals surface area (Å²) in [5, 5.41) is 11.9. The number of esters is 1. The Balaban J connectivity index is 1.52. The maximum Gasteiger partial charge on any atom is 0.358 e. The number of carbonyl (C=O) groups is 2. The SMILES string of the molecule is CC(O[Si](C)(C)C(C)(C)C)C1C(=O)N2C(C(=O)OCc3ccc([N+](=O)[O-])cc3)=C(OP(=O)(c3ccccc3)c3ccccc3)[C@H](C)[C@H]12. The van der Waals surface area contributed by atoms with Gasteiger partial charge in [0.1, 0.15) is 12.4 Å². The summed E-state index contributed by atoms with van der Waals surface area (Å²) < 4.78 is 33.9. The van der Waals surface area contributed by atoms with Gasteiger partial charge < -0.3 is 13.7 Å². The van der Waals surface area contributed by atoms with E-state index < -0.39 is 50.6 Å². The molecule has 10 nitrogen and oxygen atoms in total. The summed E-state index contributed by atoms with van der Waals surface area (Å²) in [5.41, 5.74) is 0.352. The van der Waals surface area contributed by atoms with Gasteiger partial charge in [0.05, 0.1) is 33.6 Å². The van der Waals surface area contributed by atoms with Crippen LogP contribution in [0.4, 0.5) is 5.69 Å². The molecule has 3 aromatic rings. The molecule has 3 aromatic carbocycles. The van der Waals surface area contributed by atoms with Crippen molar-refractivity contribution in [2.75, 3.05) is 0 Å². The lowest BCUT2D eigenvalue weighted by atomic mass is 9.79. The molecular formula is C35H41N2O8PSi. The normalized spacial score (nSPS) is 20.4. The van der Waals surface area contributed by atoms with Crippen molar-refractivity contribution in [2.45, 2.75) is 71.5 Å². The molecule has 1 fully saturated rings. The zero-order valence-corrected chi connectivity index (χ0v) is 29.6. The van der Waals surface area contributed by atoms with Crippen molar-refractivity contribution in [3.63, 3.8) is 0 Å². The highest BCUT2D eigenvalue weighted by Gasteiger charge is 2.62. The molecule has 0 aromatic heterocycles. The van der Waals surface area contributed by atoms with E-state index in [2.05, 4.69) is 33.9 Å². The van der Waals surface area contributed by atoms with Crippen molar-refractivity contribution in [3.05, 3.63) is 112 Å². The molecule has 2 aliphatic heterocycles. The summed E-state index contributed by atoms with van der Waals surface area (Å²) >= 11 is 0. The standard InChI is InChI=1S/C35H41N2O8PSi/c1-23-30-29(24(2)45-47(6,7)35(3,4)5)33(38)36(30)31(34(39)43-22-25-18-20-26(21-19-25)37(40)41)32(23)44-46(42,27-14-10-8-11-15-27)28-16-12-9-13-17-28/h8-21,23-24,29-30H,22H2,1-7H3/t23-,24?,29?,30-/m1/s1. The molecule has 248 valence electrons. The molecule has 2 heterocycles. The Bertz CT molecular complexity index is 1700. The molecule has 47 heavy (non-hydrogen) atoms. The van der Waals surface area contributed by atoms with Gasteiger partial charge in [-0.25, -0.2) is 4.79 Å². The third-order valence-electron chi connectivity index (χ3n) is 9.51. The molecular weight excluding hydrogens is 635 g/mol. The van der Waals surface area contributed by atoms with E-state index in [9.17, 15) is 24.3 Å². The number of nitro benzene ring substituents is 1. The van der Waals surface area contributed by atoms with Gasteiger partial charge in [0.2, 0.25) is 5.91 Å². The lowest BCUT2D eigenvalue weighted by Gasteiger charge is -2.49. The minimum absolute atomic E-state index is 0.0770.